The Labute approximate surface area is 250 Å². The maximum absolute atomic E-state index is 13.0. The number of aliphatic hydroxyl groups is 6. The first-order valence-electron chi connectivity index (χ1n) is 15.0. The van der Waals surface area contributed by atoms with Crippen LogP contribution in [-0.4, -0.2) is 154 Å². The predicted molar refractivity (Wildman–Crippen MR) is 149 cm³/mol. The van der Waals surface area contributed by atoms with Crippen molar-refractivity contribution in [3.05, 3.63) is 0 Å². The standard InChI is InChI=1S/C26H50N6O11/c27-11-7-26(39,8-11)25(38)32-15-6-14(29)21(42-23-13(28)3-2-12(40-23)9-31-4-1-5-33)20(37)22(15)43-24-19(36)17(30)18(35)16(10-34)41-24/h11-24,31,33-37,39H,1-10,27-30H2,(H,32,38)/t11?,12-,13+,14-,15+,16+,17-,18+,19+,20-,21?,22-,23+,24+,26?/m0/s1. The van der Waals surface area contributed by atoms with E-state index in [-0.39, 0.29) is 38.0 Å². The summed E-state index contributed by atoms with van der Waals surface area (Å²) in [5.41, 5.74) is 22.8. The molecule has 16 N–H and O–H groups in total. The van der Waals surface area contributed by atoms with Gasteiger partial charge in [0.15, 0.2) is 12.6 Å². The van der Waals surface area contributed by atoms with Gasteiger partial charge < -0.3 is 83.2 Å². The third-order valence-electron chi connectivity index (χ3n) is 8.86. The molecule has 1 amide bonds. The van der Waals surface area contributed by atoms with Gasteiger partial charge in [-0.25, -0.2) is 0 Å². The van der Waals surface area contributed by atoms with Crippen LogP contribution in [0.15, 0.2) is 0 Å². The number of carbonyl (C=O) groups excluding carboxylic acids is 1. The van der Waals surface area contributed by atoms with Crippen LogP contribution in [0.3, 0.4) is 0 Å². The van der Waals surface area contributed by atoms with E-state index in [1.807, 2.05) is 0 Å². The van der Waals surface area contributed by atoms with Crippen molar-refractivity contribution in [1.82, 2.24) is 10.6 Å². The van der Waals surface area contributed by atoms with Crippen LogP contribution in [0.2, 0.25) is 0 Å². The average Bonchev–Trinajstić information content (AvgIpc) is 2.95. The van der Waals surface area contributed by atoms with Gasteiger partial charge in [-0.3, -0.25) is 4.79 Å². The van der Waals surface area contributed by atoms with Crippen molar-refractivity contribution < 1.29 is 54.4 Å². The number of nitrogens with two attached hydrogens (primary N) is 4. The van der Waals surface area contributed by atoms with Gasteiger partial charge in [0.05, 0.1) is 30.8 Å². The quantitative estimate of drug-likeness (QED) is 0.0901. The predicted octanol–water partition coefficient (Wildman–Crippen LogP) is -6.24. The molecule has 2 saturated heterocycles. The number of carbonyl (C=O) groups is 1. The van der Waals surface area contributed by atoms with Crippen LogP contribution in [0.5, 0.6) is 0 Å². The van der Waals surface area contributed by atoms with Crippen LogP contribution in [0, 0.1) is 0 Å². The van der Waals surface area contributed by atoms with E-state index in [9.17, 15) is 30.3 Å². The molecule has 2 saturated carbocycles. The summed E-state index contributed by atoms with van der Waals surface area (Å²) in [6.45, 7) is 0.569. The second-order valence-electron chi connectivity index (χ2n) is 12.3. The molecule has 1 unspecified atom stereocenters. The lowest BCUT2D eigenvalue weighted by Gasteiger charge is -2.49. The topological polar surface area (TPSA) is 304 Å². The highest BCUT2D eigenvalue weighted by atomic mass is 16.7. The van der Waals surface area contributed by atoms with Gasteiger partial charge in [0.2, 0.25) is 0 Å². The lowest BCUT2D eigenvalue weighted by atomic mass is 9.75. The number of hydrogen-bond acceptors (Lipinski definition) is 16. The highest BCUT2D eigenvalue weighted by Crippen LogP contribution is 2.34. The third-order valence-corrected chi connectivity index (χ3v) is 8.86. The Bertz CT molecular complexity index is 902. The first kappa shape index (κ1) is 34.7. The first-order chi connectivity index (χ1) is 20.4. The number of amides is 1. The SMILES string of the molecule is NC1CC(O)(C(=O)N[C@@H]2C[C@H](N)C(O[C@H]3O[C@H](CNCCCO)CC[C@H]3N)[C@H](O)[C@H]2O[C@H]2O[C@H](CO)[C@@H](O)[C@H](N)[C@H]2O)C1. The number of rotatable bonds is 12. The van der Waals surface area contributed by atoms with Gasteiger partial charge in [-0.1, -0.05) is 0 Å². The van der Waals surface area contributed by atoms with Crippen molar-refractivity contribution in [1.29, 1.82) is 0 Å². The van der Waals surface area contributed by atoms with Gasteiger partial charge >= 0.3 is 0 Å². The summed E-state index contributed by atoms with van der Waals surface area (Å²) < 4.78 is 23.8. The average molecular weight is 623 g/mol. The van der Waals surface area contributed by atoms with Crippen LogP contribution in [0.25, 0.3) is 0 Å². The highest BCUT2D eigenvalue weighted by molar-refractivity contribution is 5.86. The summed E-state index contributed by atoms with van der Waals surface area (Å²) in [4.78, 5) is 13.0. The van der Waals surface area contributed by atoms with E-state index in [1.54, 1.807) is 0 Å². The summed E-state index contributed by atoms with van der Waals surface area (Å²) in [6.07, 6.45) is -8.71. The zero-order valence-electron chi connectivity index (χ0n) is 24.2. The maximum atomic E-state index is 13.0. The van der Waals surface area contributed by atoms with Gasteiger partial charge in [-0.05, 0) is 32.2 Å². The van der Waals surface area contributed by atoms with Gasteiger partial charge in [-0.2, -0.15) is 0 Å². The fraction of sp³-hybridized carbons (Fsp3) is 0.962. The molecule has 0 aromatic heterocycles. The molecule has 17 heteroatoms. The number of aliphatic hydroxyl groups excluding tert-OH is 5. The van der Waals surface area contributed by atoms with Crippen molar-refractivity contribution in [2.24, 2.45) is 22.9 Å². The van der Waals surface area contributed by atoms with Gasteiger partial charge in [0.25, 0.3) is 5.91 Å². The molecule has 250 valence electrons. The summed E-state index contributed by atoms with van der Waals surface area (Å²) in [5.74, 6) is -0.716. The van der Waals surface area contributed by atoms with E-state index in [0.29, 0.717) is 32.4 Å². The minimum absolute atomic E-state index is 0.0231. The van der Waals surface area contributed by atoms with Crippen LogP contribution in [-0.2, 0) is 23.7 Å². The molecule has 0 aromatic carbocycles. The molecule has 43 heavy (non-hydrogen) atoms. The van der Waals surface area contributed by atoms with E-state index in [1.165, 1.54) is 0 Å². The monoisotopic (exact) mass is 622 g/mol. The van der Waals surface area contributed by atoms with Gasteiger partial charge in [-0.15, -0.1) is 0 Å². The molecule has 4 aliphatic rings. The minimum atomic E-state index is -1.69. The summed E-state index contributed by atoms with van der Waals surface area (Å²) in [6, 6.07) is -3.91. The molecular formula is C26H50N6O11. The van der Waals surface area contributed by atoms with E-state index < -0.39 is 91.5 Å². The second kappa shape index (κ2) is 15.0. The number of ether oxygens (including phenoxy) is 4. The fourth-order valence-electron chi connectivity index (χ4n) is 6.19. The van der Waals surface area contributed by atoms with E-state index >= 15 is 0 Å². The Morgan fingerprint density at radius 2 is 1.60 bits per heavy atom. The Morgan fingerprint density at radius 1 is 0.907 bits per heavy atom. The van der Waals surface area contributed by atoms with Crippen LogP contribution in [0.4, 0.5) is 0 Å². The lowest BCUT2D eigenvalue weighted by molar-refractivity contribution is -0.314. The molecule has 0 bridgehead atoms. The molecule has 0 radical (unpaired) electrons. The Kier molecular flexibility index (Phi) is 12.1. The van der Waals surface area contributed by atoms with Crippen LogP contribution in [0.1, 0.15) is 38.5 Å². The zero-order chi connectivity index (χ0) is 31.5. The molecular weight excluding hydrogens is 572 g/mol. The lowest BCUT2D eigenvalue weighted by Crippen LogP contribution is -2.70. The molecule has 2 aliphatic heterocycles. The van der Waals surface area contributed by atoms with E-state index in [0.717, 1.165) is 0 Å². The van der Waals surface area contributed by atoms with Crippen molar-refractivity contribution in [2.75, 3.05) is 26.3 Å². The highest BCUT2D eigenvalue weighted by Gasteiger charge is 2.53. The number of nitrogens with one attached hydrogen (secondary N) is 2. The molecule has 2 aliphatic carbocycles. The fourth-order valence-corrected chi connectivity index (χ4v) is 6.19. The largest absolute Gasteiger partial charge is 0.396 e. The minimum Gasteiger partial charge on any atom is -0.396 e. The Balaban J connectivity index is 1.49. The number of hydrogen-bond donors (Lipinski definition) is 12. The zero-order valence-corrected chi connectivity index (χ0v) is 24.2. The Morgan fingerprint density at radius 3 is 2.26 bits per heavy atom. The van der Waals surface area contributed by atoms with E-state index in [2.05, 4.69) is 10.6 Å². The van der Waals surface area contributed by atoms with Crippen molar-refractivity contribution in [3.8, 4) is 0 Å². The molecule has 2 heterocycles. The van der Waals surface area contributed by atoms with Crippen molar-refractivity contribution in [2.45, 2.75) is 130 Å². The first-order valence-corrected chi connectivity index (χ1v) is 15.0. The third kappa shape index (κ3) is 8.00. The smallest absolute Gasteiger partial charge is 0.252 e. The second-order valence-corrected chi connectivity index (χ2v) is 12.3. The summed E-state index contributed by atoms with van der Waals surface area (Å²) in [7, 11) is 0. The van der Waals surface area contributed by atoms with Gasteiger partial charge in [0.1, 0.15) is 42.2 Å². The van der Waals surface area contributed by atoms with Crippen LogP contribution >= 0.6 is 0 Å². The van der Waals surface area contributed by atoms with Crippen LogP contribution < -0.4 is 33.6 Å². The molecule has 0 aromatic rings. The molecule has 13 atom stereocenters. The molecule has 4 fully saturated rings. The molecule has 17 nitrogen and oxygen atoms in total. The van der Waals surface area contributed by atoms with Gasteiger partial charge in [0, 0.05) is 38.1 Å². The molecule has 4 rings (SSSR count). The summed E-state index contributed by atoms with van der Waals surface area (Å²) in [5, 5.41) is 67.7. The van der Waals surface area contributed by atoms with Crippen molar-refractivity contribution in [3.63, 3.8) is 0 Å². The summed E-state index contributed by atoms with van der Waals surface area (Å²) >= 11 is 0. The Hall–Kier alpha value is -1.13. The molecule has 0 spiro atoms. The maximum Gasteiger partial charge on any atom is 0.252 e. The van der Waals surface area contributed by atoms with Crippen molar-refractivity contribution >= 4 is 5.91 Å². The normalized spacial score (nSPS) is 47.1. The van der Waals surface area contributed by atoms with E-state index in [4.69, 9.17) is 47.0 Å².